The van der Waals surface area contributed by atoms with Crippen LogP contribution in [-0.2, 0) is 11.8 Å². The van der Waals surface area contributed by atoms with E-state index in [1.54, 1.807) is 0 Å². The molecular formula is C43H27N2PS. The van der Waals surface area contributed by atoms with Gasteiger partial charge in [0, 0.05) is 16.8 Å². The van der Waals surface area contributed by atoms with Gasteiger partial charge in [-0.2, -0.15) is 0 Å². The largest absolute Gasteiger partial charge is 0.292 e. The van der Waals surface area contributed by atoms with Gasteiger partial charge in [-0.05, 0) is 83.9 Å². The first-order valence-corrected chi connectivity index (χ1v) is 18.7. The smallest absolute Gasteiger partial charge is 0.146 e. The van der Waals surface area contributed by atoms with Crippen molar-refractivity contribution in [3.05, 3.63) is 164 Å². The van der Waals surface area contributed by atoms with Crippen molar-refractivity contribution in [1.29, 1.82) is 0 Å². The molecule has 0 fully saturated rings. The summed E-state index contributed by atoms with van der Waals surface area (Å²) < 4.78 is 2.34. The van der Waals surface area contributed by atoms with Gasteiger partial charge in [0.05, 0.1) is 16.6 Å². The summed E-state index contributed by atoms with van der Waals surface area (Å²) in [5, 5.41) is 14.5. The topological polar surface area (TPSA) is 17.3 Å². The Kier molecular flexibility index (Phi) is 5.75. The molecule has 0 amide bonds. The molecule has 0 saturated heterocycles. The Balaban J connectivity index is 1.31. The zero-order chi connectivity index (χ0) is 31.1. The minimum Gasteiger partial charge on any atom is -0.292 e. The first kappa shape index (κ1) is 26.8. The molecule has 0 saturated carbocycles. The van der Waals surface area contributed by atoms with E-state index < -0.39 is 6.04 Å². The summed E-state index contributed by atoms with van der Waals surface area (Å²) in [6.45, 7) is 0. The van der Waals surface area contributed by atoms with Crippen molar-refractivity contribution in [3.63, 3.8) is 0 Å². The van der Waals surface area contributed by atoms with Gasteiger partial charge in [-0.1, -0.05) is 145 Å². The normalized spacial score (nSPS) is 13.4. The van der Waals surface area contributed by atoms with E-state index in [0.717, 1.165) is 32.9 Å². The fourth-order valence-corrected chi connectivity index (χ4v) is 11.2. The number of fused-ring (bicyclic) bond motifs is 12. The first-order chi connectivity index (χ1) is 23.2. The van der Waals surface area contributed by atoms with Crippen LogP contribution in [0.4, 0.5) is 0 Å². The molecule has 10 rings (SSSR count). The fraction of sp³-hybridized carbons (Fsp3) is 0. The van der Waals surface area contributed by atoms with Crippen LogP contribution >= 0.6 is 6.04 Å². The monoisotopic (exact) mass is 634 g/mol. The van der Waals surface area contributed by atoms with Crippen molar-refractivity contribution in [2.75, 3.05) is 0 Å². The Morgan fingerprint density at radius 3 is 1.79 bits per heavy atom. The van der Waals surface area contributed by atoms with Crippen LogP contribution in [0.25, 0.3) is 70.7 Å². The first-order valence-electron chi connectivity index (χ1n) is 15.9. The van der Waals surface area contributed by atoms with Crippen molar-refractivity contribution in [2.45, 2.75) is 0 Å². The molecule has 1 atom stereocenters. The molecule has 220 valence electrons. The molecule has 0 N–H and O–H groups in total. The SMILES string of the molecule is S=P(c1ccc2ccccc2c1)(c1ccc2ccc3ccccc3c2c1)c1ccc2nc3c4ccccc4c4ccccc4n3c2c1. The van der Waals surface area contributed by atoms with Crippen molar-refractivity contribution >= 4 is 104 Å². The summed E-state index contributed by atoms with van der Waals surface area (Å²) in [5.74, 6) is 0. The third-order valence-corrected chi connectivity index (χ3v) is 14.7. The number of hydrogen-bond donors (Lipinski definition) is 0. The maximum atomic E-state index is 7.06. The lowest BCUT2D eigenvalue weighted by molar-refractivity contribution is 1.32. The molecule has 10 aromatic rings. The minimum atomic E-state index is -2.54. The maximum Gasteiger partial charge on any atom is 0.146 e. The summed E-state index contributed by atoms with van der Waals surface area (Å²) in [6, 6.07) is 56.8. The molecule has 0 spiro atoms. The summed E-state index contributed by atoms with van der Waals surface area (Å²) in [6.07, 6.45) is 0. The van der Waals surface area contributed by atoms with Crippen molar-refractivity contribution < 1.29 is 0 Å². The van der Waals surface area contributed by atoms with Gasteiger partial charge in [0.25, 0.3) is 0 Å². The van der Waals surface area contributed by atoms with Crippen LogP contribution in [0, 0.1) is 0 Å². The van der Waals surface area contributed by atoms with E-state index in [9.17, 15) is 0 Å². The zero-order valence-corrected chi connectivity index (χ0v) is 27.0. The Labute approximate surface area is 276 Å². The van der Waals surface area contributed by atoms with Crippen molar-refractivity contribution in [1.82, 2.24) is 9.38 Å². The summed E-state index contributed by atoms with van der Waals surface area (Å²) in [7, 11) is 0. The molecule has 1 unspecified atom stereocenters. The number of aromatic nitrogens is 2. The van der Waals surface area contributed by atoms with Gasteiger partial charge in [-0.3, -0.25) is 4.40 Å². The molecule has 2 heterocycles. The van der Waals surface area contributed by atoms with Gasteiger partial charge in [0.1, 0.15) is 5.65 Å². The highest BCUT2D eigenvalue weighted by Crippen LogP contribution is 2.45. The summed E-state index contributed by atoms with van der Waals surface area (Å²) in [5.41, 5.74) is 4.18. The molecule has 0 aliphatic rings. The number of imidazole rings is 1. The van der Waals surface area contributed by atoms with Crippen LogP contribution in [0.5, 0.6) is 0 Å². The highest BCUT2D eigenvalue weighted by molar-refractivity contribution is 8.25. The summed E-state index contributed by atoms with van der Waals surface area (Å²) in [4.78, 5) is 5.22. The maximum absolute atomic E-state index is 7.06. The molecule has 2 aromatic heterocycles. The van der Waals surface area contributed by atoms with E-state index in [4.69, 9.17) is 16.8 Å². The fourth-order valence-electron chi connectivity index (χ4n) is 7.50. The molecular weight excluding hydrogens is 608 g/mol. The number of hydrogen-bond acceptors (Lipinski definition) is 2. The molecule has 0 radical (unpaired) electrons. The Morgan fingerprint density at radius 1 is 0.404 bits per heavy atom. The van der Waals surface area contributed by atoms with Crippen LogP contribution in [0.15, 0.2) is 164 Å². The number of para-hydroxylation sites is 1. The van der Waals surface area contributed by atoms with Crippen LogP contribution in [0.2, 0.25) is 0 Å². The van der Waals surface area contributed by atoms with Crippen LogP contribution in [0.1, 0.15) is 0 Å². The number of rotatable bonds is 3. The lowest BCUT2D eigenvalue weighted by Gasteiger charge is -2.25. The molecule has 0 aliphatic carbocycles. The third-order valence-electron chi connectivity index (χ3n) is 9.80. The molecule has 4 heteroatoms. The number of nitrogens with zero attached hydrogens (tertiary/aromatic N) is 2. The van der Waals surface area contributed by atoms with E-state index in [1.807, 2.05) is 0 Å². The molecule has 47 heavy (non-hydrogen) atoms. The predicted octanol–water partition coefficient (Wildman–Crippen LogP) is 10.0. The van der Waals surface area contributed by atoms with E-state index in [2.05, 4.69) is 168 Å². The lowest BCUT2D eigenvalue weighted by Crippen LogP contribution is -2.25. The predicted molar refractivity (Wildman–Crippen MR) is 206 cm³/mol. The van der Waals surface area contributed by atoms with Crippen molar-refractivity contribution in [3.8, 4) is 0 Å². The van der Waals surface area contributed by atoms with Gasteiger partial charge < -0.3 is 0 Å². The van der Waals surface area contributed by atoms with E-state index in [1.165, 1.54) is 53.7 Å². The quantitative estimate of drug-likeness (QED) is 0.142. The van der Waals surface area contributed by atoms with E-state index >= 15 is 0 Å². The van der Waals surface area contributed by atoms with Gasteiger partial charge in [0.15, 0.2) is 0 Å². The van der Waals surface area contributed by atoms with Gasteiger partial charge in [-0.15, -0.1) is 0 Å². The highest BCUT2D eigenvalue weighted by Gasteiger charge is 2.27. The van der Waals surface area contributed by atoms with E-state index in [-0.39, 0.29) is 0 Å². The lowest BCUT2D eigenvalue weighted by atomic mass is 10.0. The Hall–Kier alpha value is -5.34. The average molecular weight is 635 g/mol. The Morgan fingerprint density at radius 2 is 0.957 bits per heavy atom. The third kappa shape index (κ3) is 3.91. The van der Waals surface area contributed by atoms with Gasteiger partial charge >= 0.3 is 0 Å². The minimum absolute atomic E-state index is 0.972. The molecule has 0 aliphatic heterocycles. The highest BCUT2D eigenvalue weighted by atomic mass is 32.4. The van der Waals surface area contributed by atoms with Crippen LogP contribution in [-0.4, -0.2) is 9.38 Å². The van der Waals surface area contributed by atoms with Crippen molar-refractivity contribution in [2.24, 2.45) is 0 Å². The molecule has 0 bridgehead atoms. The summed E-state index contributed by atoms with van der Waals surface area (Å²) >= 11 is 7.06. The van der Waals surface area contributed by atoms with Crippen LogP contribution < -0.4 is 15.9 Å². The molecule has 2 nitrogen and oxygen atoms in total. The van der Waals surface area contributed by atoms with Crippen LogP contribution in [0.3, 0.4) is 0 Å². The second-order valence-electron chi connectivity index (χ2n) is 12.3. The number of pyridine rings is 1. The van der Waals surface area contributed by atoms with E-state index in [0.29, 0.717) is 0 Å². The molecule has 8 aromatic carbocycles. The number of benzene rings is 8. The average Bonchev–Trinajstić information content (AvgIpc) is 3.54. The van der Waals surface area contributed by atoms with Gasteiger partial charge in [-0.25, -0.2) is 4.98 Å². The standard InChI is InChI=1S/C43H27N2PS/c47-46(32-21-19-28-9-1-2-11-31(28)25-32,33-22-20-30-18-17-29-10-3-4-12-35(29)39(30)26-33)34-23-24-40-42(27-34)45-41-16-8-7-14-37(41)36-13-5-6-15-38(36)43(45)44-40/h1-27H. The van der Waals surface area contributed by atoms with Gasteiger partial charge in [0.2, 0.25) is 0 Å². The Bertz CT molecular complexity index is 2960. The zero-order valence-electron chi connectivity index (χ0n) is 25.3. The second-order valence-corrected chi connectivity index (χ2v) is 16.8. The second kappa shape index (κ2) is 10.1.